The SMILES string of the molecule is C=CC(=O)OCCCCCOc1ccc2c3c(cccc13)C(=O)N(C1CCC(C(C)(C)C)CC1)C2=O. The number of ether oxygens (including phenoxy) is 2. The van der Waals surface area contributed by atoms with Crippen LogP contribution in [0.25, 0.3) is 10.8 Å². The molecule has 1 heterocycles. The summed E-state index contributed by atoms with van der Waals surface area (Å²) in [6.07, 6.45) is 7.36. The standard InChI is InChI=1S/C30H37NO5/c1-5-26(32)36-19-8-6-7-18-35-25-17-16-24-27-22(25)10-9-11-23(27)28(33)31(29(24)34)21-14-12-20(13-15-21)30(2,3)4/h5,9-11,16-17,20-21H,1,6-8,12-15,18-19H2,2-4H3. The zero-order valence-electron chi connectivity index (χ0n) is 21.7. The van der Waals surface area contributed by atoms with Gasteiger partial charge in [-0.2, -0.15) is 0 Å². The van der Waals surface area contributed by atoms with Crippen LogP contribution in [-0.2, 0) is 9.53 Å². The molecule has 0 N–H and O–H groups in total. The molecule has 1 aliphatic heterocycles. The van der Waals surface area contributed by atoms with Crippen molar-refractivity contribution >= 4 is 28.6 Å². The van der Waals surface area contributed by atoms with Crippen molar-refractivity contribution in [2.75, 3.05) is 13.2 Å². The maximum absolute atomic E-state index is 13.6. The third-order valence-corrected chi connectivity index (χ3v) is 7.64. The highest BCUT2D eigenvalue weighted by Crippen LogP contribution is 2.42. The van der Waals surface area contributed by atoms with Crippen LogP contribution in [0.1, 0.15) is 86.4 Å². The third-order valence-electron chi connectivity index (χ3n) is 7.64. The van der Waals surface area contributed by atoms with E-state index in [1.54, 1.807) is 6.07 Å². The van der Waals surface area contributed by atoms with Gasteiger partial charge >= 0.3 is 5.97 Å². The van der Waals surface area contributed by atoms with Crippen LogP contribution in [0.2, 0.25) is 0 Å². The minimum Gasteiger partial charge on any atom is -0.493 e. The van der Waals surface area contributed by atoms with Crippen LogP contribution in [0, 0.1) is 11.3 Å². The summed E-state index contributed by atoms with van der Waals surface area (Å²) in [6, 6.07) is 9.20. The topological polar surface area (TPSA) is 72.9 Å². The second kappa shape index (κ2) is 10.9. The number of hydrogen-bond donors (Lipinski definition) is 0. The Hall–Kier alpha value is -3.15. The molecule has 4 rings (SSSR count). The Morgan fingerprint density at radius 3 is 2.31 bits per heavy atom. The maximum Gasteiger partial charge on any atom is 0.330 e. The minimum atomic E-state index is -0.407. The Labute approximate surface area is 213 Å². The van der Waals surface area contributed by atoms with Crippen LogP contribution in [0.5, 0.6) is 5.75 Å². The fourth-order valence-electron chi connectivity index (χ4n) is 5.54. The quantitative estimate of drug-likeness (QED) is 0.178. The maximum atomic E-state index is 13.6. The predicted molar refractivity (Wildman–Crippen MR) is 140 cm³/mol. The summed E-state index contributed by atoms with van der Waals surface area (Å²) in [4.78, 5) is 39.7. The molecule has 2 aliphatic rings. The second-order valence-corrected chi connectivity index (χ2v) is 11.0. The molecule has 36 heavy (non-hydrogen) atoms. The summed E-state index contributed by atoms with van der Waals surface area (Å²) in [7, 11) is 0. The lowest BCUT2D eigenvalue weighted by atomic mass is 9.71. The lowest BCUT2D eigenvalue weighted by molar-refractivity contribution is -0.137. The molecule has 6 nitrogen and oxygen atoms in total. The normalized spacial score (nSPS) is 19.9. The Morgan fingerprint density at radius 2 is 1.64 bits per heavy atom. The summed E-state index contributed by atoms with van der Waals surface area (Å²) >= 11 is 0. The minimum absolute atomic E-state index is 0.0475. The molecule has 192 valence electrons. The van der Waals surface area contributed by atoms with Crippen molar-refractivity contribution in [1.29, 1.82) is 0 Å². The number of benzene rings is 2. The number of rotatable bonds is 9. The Kier molecular flexibility index (Phi) is 7.82. The number of carbonyl (C=O) groups is 3. The molecule has 0 saturated heterocycles. The van der Waals surface area contributed by atoms with Crippen LogP contribution in [0.3, 0.4) is 0 Å². The molecule has 2 amide bonds. The monoisotopic (exact) mass is 491 g/mol. The van der Waals surface area contributed by atoms with Gasteiger partial charge in [0.05, 0.1) is 13.2 Å². The lowest BCUT2D eigenvalue weighted by Crippen LogP contribution is -2.49. The first-order valence-electron chi connectivity index (χ1n) is 13.1. The van der Waals surface area contributed by atoms with Gasteiger partial charge in [-0.15, -0.1) is 0 Å². The highest BCUT2D eigenvalue weighted by atomic mass is 16.5. The van der Waals surface area contributed by atoms with Crippen LogP contribution < -0.4 is 4.74 Å². The molecule has 0 aromatic heterocycles. The molecule has 1 saturated carbocycles. The number of unbranched alkanes of at least 4 members (excludes halogenated alkanes) is 2. The molecule has 2 aromatic rings. The van der Waals surface area contributed by atoms with Crippen molar-refractivity contribution in [3.63, 3.8) is 0 Å². The zero-order valence-corrected chi connectivity index (χ0v) is 21.7. The Bertz CT molecular complexity index is 1130. The van der Waals surface area contributed by atoms with Crippen molar-refractivity contribution < 1.29 is 23.9 Å². The number of imide groups is 1. The van der Waals surface area contributed by atoms with Crippen LogP contribution in [0.15, 0.2) is 43.0 Å². The van der Waals surface area contributed by atoms with E-state index in [0.717, 1.165) is 56.4 Å². The molecule has 0 bridgehead atoms. The van der Waals surface area contributed by atoms with Crippen LogP contribution >= 0.6 is 0 Å². The van der Waals surface area contributed by atoms with Crippen molar-refractivity contribution in [2.24, 2.45) is 11.3 Å². The largest absolute Gasteiger partial charge is 0.493 e. The summed E-state index contributed by atoms with van der Waals surface area (Å²) in [6.45, 7) is 11.1. The average molecular weight is 492 g/mol. The van der Waals surface area contributed by atoms with Gasteiger partial charge in [-0.3, -0.25) is 14.5 Å². The van der Waals surface area contributed by atoms with E-state index in [2.05, 4.69) is 27.4 Å². The molecular formula is C30H37NO5. The molecule has 0 radical (unpaired) electrons. The van der Waals surface area contributed by atoms with Crippen molar-refractivity contribution in [1.82, 2.24) is 4.90 Å². The smallest absolute Gasteiger partial charge is 0.330 e. The van der Waals surface area contributed by atoms with Gasteiger partial charge in [0.25, 0.3) is 11.8 Å². The molecule has 0 atom stereocenters. The van der Waals surface area contributed by atoms with E-state index in [9.17, 15) is 14.4 Å². The van der Waals surface area contributed by atoms with E-state index in [-0.39, 0.29) is 23.3 Å². The van der Waals surface area contributed by atoms with Gasteiger partial charge in [-0.05, 0) is 74.5 Å². The lowest BCUT2D eigenvalue weighted by Gasteiger charge is -2.41. The van der Waals surface area contributed by atoms with E-state index in [1.807, 2.05) is 24.3 Å². The van der Waals surface area contributed by atoms with Gasteiger partial charge < -0.3 is 9.47 Å². The molecule has 0 unspecified atom stereocenters. The van der Waals surface area contributed by atoms with E-state index < -0.39 is 5.97 Å². The van der Waals surface area contributed by atoms with Gasteiger partial charge in [0, 0.05) is 34.0 Å². The first-order chi connectivity index (χ1) is 17.2. The van der Waals surface area contributed by atoms with Crippen LogP contribution in [0.4, 0.5) is 0 Å². The highest BCUT2D eigenvalue weighted by molar-refractivity contribution is 6.26. The third kappa shape index (κ3) is 5.32. The number of hydrogen-bond acceptors (Lipinski definition) is 5. The predicted octanol–water partition coefficient (Wildman–Crippen LogP) is 6.32. The fourth-order valence-corrected chi connectivity index (χ4v) is 5.54. The first-order valence-corrected chi connectivity index (χ1v) is 13.1. The van der Waals surface area contributed by atoms with E-state index >= 15 is 0 Å². The van der Waals surface area contributed by atoms with Gasteiger partial charge in [0.1, 0.15) is 5.75 Å². The van der Waals surface area contributed by atoms with Gasteiger partial charge in [-0.1, -0.05) is 39.5 Å². The summed E-state index contributed by atoms with van der Waals surface area (Å²) in [5, 5.41) is 1.49. The fraction of sp³-hybridized carbons (Fsp3) is 0.500. The van der Waals surface area contributed by atoms with E-state index in [4.69, 9.17) is 9.47 Å². The summed E-state index contributed by atoms with van der Waals surface area (Å²) < 4.78 is 11.0. The summed E-state index contributed by atoms with van der Waals surface area (Å²) in [5.41, 5.74) is 1.40. The van der Waals surface area contributed by atoms with Gasteiger partial charge in [-0.25, -0.2) is 4.79 Å². The van der Waals surface area contributed by atoms with Crippen LogP contribution in [-0.4, -0.2) is 41.9 Å². The Morgan fingerprint density at radius 1 is 0.972 bits per heavy atom. The van der Waals surface area contributed by atoms with E-state index in [0.29, 0.717) is 41.4 Å². The molecule has 6 heteroatoms. The van der Waals surface area contributed by atoms with Crippen molar-refractivity contribution in [2.45, 2.75) is 71.8 Å². The van der Waals surface area contributed by atoms with Gasteiger partial charge in [0.2, 0.25) is 0 Å². The number of nitrogens with zero attached hydrogens (tertiary/aromatic N) is 1. The number of carbonyl (C=O) groups excluding carboxylic acids is 3. The first kappa shape index (κ1) is 25.9. The molecule has 0 spiro atoms. The van der Waals surface area contributed by atoms with E-state index in [1.165, 1.54) is 4.90 Å². The van der Waals surface area contributed by atoms with Gasteiger partial charge in [0.15, 0.2) is 0 Å². The zero-order chi connectivity index (χ0) is 25.9. The molecule has 1 aliphatic carbocycles. The molecule has 1 fully saturated rings. The second-order valence-electron chi connectivity index (χ2n) is 11.0. The Balaban J connectivity index is 1.44. The van der Waals surface area contributed by atoms with Crippen molar-refractivity contribution in [3.8, 4) is 5.75 Å². The summed E-state index contributed by atoms with van der Waals surface area (Å²) in [5.74, 6) is 0.497. The average Bonchev–Trinajstić information content (AvgIpc) is 2.86. The van der Waals surface area contributed by atoms with Crippen molar-refractivity contribution in [3.05, 3.63) is 54.1 Å². The highest BCUT2D eigenvalue weighted by Gasteiger charge is 2.40. The number of esters is 1. The number of amides is 2. The molecule has 2 aromatic carbocycles. The molecular weight excluding hydrogens is 454 g/mol.